The Morgan fingerprint density at radius 3 is 2.53 bits per heavy atom. The van der Waals surface area contributed by atoms with Crippen molar-refractivity contribution in [2.45, 2.75) is 9.79 Å². The SMILES string of the molecule is O=S(=O)(c1[c]cccc1)c1ccc(F)cc1Cl. The molecule has 0 aromatic heterocycles. The fourth-order valence-electron chi connectivity index (χ4n) is 1.36. The highest BCUT2D eigenvalue weighted by Gasteiger charge is 2.20. The van der Waals surface area contributed by atoms with Crippen LogP contribution in [0.3, 0.4) is 0 Å². The van der Waals surface area contributed by atoms with Gasteiger partial charge in [0.25, 0.3) is 0 Å². The monoisotopic (exact) mass is 269 g/mol. The third kappa shape index (κ3) is 2.33. The molecule has 1 radical (unpaired) electrons. The minimum Gasteiger partial charge on any atom is -0.218 e. The van der Waals surface area contributed by atoms with Crippen LogP contribution >= 0.6 is 11.6 Å². The molecule has 0 fully saturated rings. The van der Waals surface area contributed by atoms with Crippen molar-refractivity contribution in [3.63, 3.8) is 0 Å². The second-order valence-corrected chi connectivity index (χ2v) is 5.60. The Balaban J connectivity index is 2.61. The van der Waals surface area contributed by atoms with Crippen molar-refractivity contribution in [2.24, 2.45) is 0 Å². The average molecular weight is 270 g/mol. The molecule has 0 saturated heterocycles. The molecule has 0 atom stereocenters. The summed E-state index contributed by atoms with van der Waals surface area (Å²) in [6.45, 7) is 0. The third-order valence-electron chi connectivity index (χ3n) is 2.15. The molecule has 0 aliphatic rings. The first-order chi connectivity index (χ1) is 8.01. The van der Waals surface area contributed by atoms with Gasteiger partial charge >= 0.3 is 0 Å². The highest BCUT2D eigenvalue weighted by atomic mass is 35.5. The Bertz CT molecular complexity index is 639. The van der Waals surface area contributed by atoms with E-state index in [-0.39, 0.29) is 14.8 Å². The number of halogens is 2. The van der Waals surface area contributed by atoms with Gasteiger partial charge in [-0.1, -0.05) is 29.8 Å². The first-order valence-corrected chi connectivity index (χ1v) is 6.55. The highest BCUT2D eigenvalue weighted by Crippen LogP contribution is 2.27. The van der Waals surface area contributed by atoms with Gasteiger partial charge in [-0.2, -0.15) is 0 Å². The van der Waals surface area contributed by atoms with Crippen LogP contribution in [0.5, 0.6) is 0 Å². The zero-order valence-corrected chi connectivity index (χ0v) is 10.1. The molecular formula is C12H7ClFO2S. The molecule has 0 N–H and O–H groups in total. The number of benzene rings is 2. The van der Waals surface area contributed by atoms with Gasteiger partial charge in [0.1, 0.15) is 5.82 Å². The van der Waals surface area contributed by atoms with Crippen molar-refractivity contribution < 1.29 is 12.8 Å². The fourth-order valence-corrected chi connectivity index (χ4v) is 3.11. The van der Waals surface area contributed by atoms with Crippen molar-refractivity contribution in [3.8, 4) is 0 Å². The Morgan fingerprint density at radius 1 is 1.18 bits per heavy atom. The van der Waals surface area contributed by atoms with Gasteiger partial charge in [0.2, 0.25) is 9.84 Å². The molecule has 2 aromatic carbocycles. The summed E-state index contributed by atoms with van der Waals surface area (Å²) in [4.78, 5) is -0.114. The smallest absolute Gasteiger partial charge is 0.208 e. The quantitative estimate of drug-likeness (QED) is 0.785. The topological polar surface area (TPSA) is 34.1 Å². The van der Waals surface area contributed by atoms with Crippen molar-refractivity contribution in [1.82, 2.24) is 0 Å². The molecule has 0 amide bonds. The van der Waals surface area contributed by atoms with E-state index in [0.717, 1.165) is 18.2 Å². The maximum absolute atomic E-state index is 12.9. The second-order valence-electron chi connectivity index (χ2n) is 3.31. The van der Waals surface area contributed by atoms with Crippen LogP contribution in [0.1, 0.15) is 0 Å². The van der Waals surface area contributed by atoms with Gasteiger partial charge < -0.3 is 0 Å². The van der Waals surface area contributed by atoms with Crippen LogP contribution in [0.15, 0.2) is 52.3 Å². The molecule has 87 valence electrons. The molecule has 2 rings (SSSR count). The Labute approximate surface area is 104 Å². The van der Waals surface area contributed by atoms with Gasteiger partial charge in [0.15, 0.2) is 0 Å². The van der Waals surface area contributed by atoms with E-state index in [0.29, 0.717) is 0 Å². The zero-order chi connectivity index (χ0) is 12.5. The molecule has 2 aromatic rings. The van der Waals surface area contributed by atoms with E-state index in [2.05, 4.69) is 6.07 Å². The van der Waals surface area contributed by atoms with Crippen molar-refractivity contribution >= 4 is 21.4 Å². The lowest BCUT2D eigenvalue weighted by molar-refractivity contribution is 0.594. The van der Waals surface area contributed by atoms with Crippen LogP contribution in [0.2, 0.25) is 5.02 Å². The van der Waals surface area contributed by atoms with E-state index < -0.39 is 15.7 Å². The average Bonchev–Trinajstić information content (AvgIpc) is 2.29. The molecule has 0 bridgehead atoms. The molecule has 0 unspecified atom stereocenters. The molecule has 5 heteroatoms. The second kappa shape index (κ2) is 4.47. The van der Waals surface area contributed by atoms with Gasteiger partial charge in [-0.15, -0.1) is 0 Å². The lowest BCUT2D eigenvalue weighted by atomic mass is 10.3. The number of rotatable bonds is 2. The normalized spacial score (nSPS) is 11.4. The van der Waals surface area contributed by atoms with Crippen LogP contribution in [0, 0.1) is 11.9 Å². The van der Waals surface area contributed by atoms with E-state index in [4.69, 9.17) is 11.6 Å². The summed E-state index contributed by atoms with van der Waals surface area (Å²) in [5.74, 6) is -0.578. The van der Waals surface area contributed by atoms with Crippen molar-refractivity contribution in [3.05, 3.63) is 59.4 Å². The summed E-state index contributed by atoms with van der Waals surface area (Å²) in [5, 5.41) is -0.137. The fraction of sp³-hybridized carbons (Fsp3) is 0. The molecule has 0 saturated carbocycles. The summed E-state index contributed by atoms with van der Waals surface area (Å²) >= 11 is 5.73. The number of hydrogen-bond donors (Lipinski definition) is 0. The molecule has 0 aliphatic carbocycles. The Hall–Kier alpha value is -1.39. The van der Waals surface area contributed by atoms with E-state index in [1.54, 1.807) is 12.1 Å². The lowest BCUT2D eigenvalue weighted by Crippen LogP contribution is -2.03. The highest BCUT2D eigenvalue weighted by molar-refractivity contribution is 7.91. The predicted octanol–water partition coefficient (Wildman–Crippen LogP) is 3.11. The Morgan fingerprint density at radius 2 is 1.94 bits per heavy atom. The summed E-state index contributed by atoms with van der Waals surface area (Å²) in [7, 11) is -3.74. The minimum atomic E-state index is -3.74. The van der Waals surface area contributed by atoms with Gasteiger partial charge in [-0.25, -0.2) is 12.8 Å². The van der Waals surface area contributed by atoms with E-state index in [1.165, 1.54) is 12.1 Å². The van der Waals surface area contributed by atoms with Crippen molar-refractivity contribution in [2.75, 3.05) is 0 Å². The van der Waals surface area contributed by atoms with Gasteiger partial charge in [0.05, 0.1) is 14.8 Å². The van der Waals surface area contributed by atoms with E-state index >= 15 is 0 Å². The summed E-state index contributed by atoms with van der Waals surface area (Å²) in [6.07, 6.45) is 0. The Kier molecular flexibility index (Phi) is 3.17. The van der Waals surface area contributed by atoms with Crippen LogP contribution in [-0.2, 0) is 9.84 Å². The molecule has 0 aliphatic heterocycles. The number of hydrogen-bond acceptors (Lipinski definition) is 2. The first kappa shape index (κ1) is 12.1. The van der Waals surface area contributed by atoms with E-state index in [1.807, 2.05) is 0 Å². The van der Waals surface area contributed by atoms with Crippen molar-refractivity contribution in [1.29, 1.82) is 0 Å². The van der Waals surface area contributed by atoms with E-state index in [9.17, 15) is 12.8 Å². The molecule has 2 nitrogen and oxygen atoms in total. The minimum absolute atomic E-state index is 0.00788. The molecular weight excluding hydrogens is 263 g/mol. The van der Waals surface area contributed by atoms with Crippen LogP contribution in [0.4, 0.5) is 4.39 Å². The maximum atomic E-state index is 12.9. The molecule has 0 spiro atoms. The van der Waals surface area contributed by atoms with Gasteiger partial charge in [0, 0.05) is 6.07 Å². The first-order valence-electron chi connectivity index (χ1n) is 4.68. The summed E-state index contributed by atoms with van der Waals surface area (Å²) in [5.41, 5.74) is 0. The van der Waals surface area contributed by atoms with Crippen LogP contribution in [0.25, 0.3) is 0 Å². The molecule has 0 heterocycles. The standard InChI is InChI=1S/C12H7ClFO2S/c13-11-8-9(14)6-7-12(11)17(15,16)10-4-2-1-3-5-10/h1-4,6-8H. The third-order valence-corrected chi connectivity index (χ3v) is 4.35. The zero-order valence-electron chi connectivity index (χ0n) is 8.52. The van der Waals surface area contributed by atoms with Gasteiger partial charge in [-0.05, 0) is 24.3 Å². The summed E-state index contributed by atoms with van der Waals surface area (Å²) < 4.78 is 37.1. The summed E-state index contributed by atoms with van der Waals surface area (Å²) in [6, 6.07) is 11.9. The van der Waals surface area contributed by atoms with Gasteiger partial charge in [-0.3, -0.25) is 0 Å². The lowest BCUT2D eigenvalue weighted by Gasteiger charge is -2.05. The maximum Gasteiger partial charge on any atom is 0.208 e. The predicted molar refractivity (Wildman–Crippen MR) is 62.1 cm³/mol. The number of sulfone groups is 1. The van der Waals surface area contributed by atoms with Crippen LogP contribution in [-0.4, -0.2) is 8.42 Å². The molecule has 17 heavy (non-hydrogen) atoms. The largest absolute Gasteiger partial charge is 0.218 e. The van der Waals surface area contributed by atoms with Crippen LogP contribution < -0.4 is 0 Å².